The summed E-state index contributed by atoms with van der Waals surface area (Å²) in [5.74, 6) is 0.994. The monoisotopic (exact) mass is 377 g/mol. The van der Waals surface area contributed by atoms with E-state index in [0.717, 1.165) is 31.2 Å². The highest BCUT2D eigenvalue weighted by Crippen LogP contribution is 2.10. The average molecular weight is 378 g/mol. The van der Waals surface area contributed by atoms with Crippen LogP contribution in [-0.2, 0) is 11.2 Å². The summed E-state index contributed by atoms with van der Waals surface area (Å²) >= 11 is 0. The molecule has 1 heterocycles. The van der Waals surface area contributed by atoms with Crippen LogP contribution in [0.3, 0.4) is 0 Å². The molecule has 0 saturated carbocycles. The quantitative estimate of drug-likeness (QED) is 0.538. The van der Waals surface area contributed by atoms with Crippen molar-refractivity contribution in [1.82, 2.24) is 20.5 Å². The Kier molecular flexibility index (Phi) is 9.61. The second kappa shape index (κ2) is 11.4. The fourth-order valence-corrected chi connectivity index (χ4v) is 2.38. The van der Waals surface area contributed by atoms with E-state index in [0.29, 0.717) is 13.1 Å². The highest BCUT2D eigenvalue weighted by molar-refractivity contribution is 5.79. The van der Waals surface area contributed by atoms with Crippen molar-refractivity contribution in [2.75, 3.05) is 33.2 Å². The van der Waals surface area contributed by atoms with Gasteiger partial charge < -0.3 is 20.3 Å². The third kappa shape index (κ3) is 10.4. The number of guanidine groups is 1. The zero-order valence-corrected chi connectivity index (χ0v) is 17.6. The Labute approximate surface area is 163 Å². The molecule has 2 N–H and O–H groups in total. The number of rotatable bonds is 8. The highest BCUT2D eigenvalue weighted by Gasteiger charge is 2.20. The maximum absolute atomic E-state index is 12.0. The van der Waals surface area contributed by atoms with Crippen molar-refractivity contribution in [2.24, 2.45) is 10.9 Å². The van der Waals surface area contributed by atoms with Crippen LogP contribution in [0.15, 0.2) is 29.4 Å². The van der Waals surface area contributed by atoms with Crippen molar-refractivity contribution >= 4 is 12.1 Å². The third-order valence-corrected chi connectivity index (χ3v) is 3.60. The van der Waals surface area contributed by atoms with E-state index in [1.807, 2.05) is 45.9 Å². The highest BCUT2D eigenvalue weighted by atomic mass is 16.6. The largest absolute Gasteiger partial charge is 0.444 e. The van der Waals surface area contributed by atoms with Gasteiger partial charge in [-0.05, 0) is 45.7 Å². The Bertz CT molecular complexity index is 584. The molecule has 27 heavy (non-hydrogen) atoms. The first-order valence-corrected chi connectivity index (χ1v) is 9.57. The number of pyridine rings is 1. The molecule has 0 radical (unpaired) electrons. The molecule has 7 heteroatoms. The second-order valence-electron chi connectivity index (χ2n) is 7.68. The fourth-order valence-electron chi connectivity index (χ4n) is 2.38. The predicted molar refractivity (Wildman–Crippen MR) is 110 cm³/mol. The van der Waals surface area contributed by atoms with Gasteiger partial charge in [-0.3, -0.25) is 9.98 Å². The van der Waals surface area contributed by atoms with Gasteiger partial charge in [-0.15, -0.1) is 0 Å². The maximum Gasteiger partial charge on any atom is 0.410 e. The summed E-state index contributed by atoms with van der Waals surface area (Å²) in [4.78, 5) is 22.6. The number of nitrogens with one attached hydrogen (secondary N) is 2. The lowest BCUT2D eigenvalue weighted by Crippen LogP contribution is -2.39. The van der Waals surface area contributed by atoms with Gasteiger partial charge in [-0.1, -0.05) is 13.0 Å². The van der Waals surface area contributed by atoms with E-state index in [1.165, 1.54) is 0 Å². The third-order valence-electron chi connectivity index (χ3n) is 3.60. The summed E-state index contributed by atoms with van der Waals surface area (Å²) in [6.45, 7) is 12.5. The summed E-state index contributed by atoms with van der Waals surface area (Å²) in [5, 5.41) is 6.57. The van der Waals surface area contributed by atoms with Crippen molar-refractivity contribution in [3.05, 3.63) is 30.1 Å². The van der Waals surface area contributed by atoms with E-state index in [2.05, 4.69) is 27.5 Å². The SMILES string of the molecule is CCNC(=NCC(C)CN(C)C(=O)OC(C)(C)C)NCCc1ccccn1. The molecule has 152 valence electrons. The van der Waals surface area contributed by atoms with E-state index in [9.17, 15) is 4.79 Å². The van der Waals surface area contributed by atoms with E-state index >= 15 is 0 Å². The molecule has 0 aliphatic carbocycles. The molecule has 0 spiro atoms. The number of amides is 1. The van der Waals surface area contributed by atoms with Crippen LogP contribution in [0.1, 0.15) is 40.3 Å². The molecule has 7 nitrogen and oxygen atoms in total. The van der Waals surface area contributed by atoms with Crippen LogP contribution in [0.4, 0.5) is 4.79 Å². The van der Waals surface area contributed by atoms with Gasteiger partial charge in [0.25, 0.3) is 0 Å². The summed E-state index contributed by atoms with van der Waals surface area (Å²) in [7, 11) is 1.75. The molecule has 1 rings (SSSR count). The molecule has 1 amide bonds. The first-order valence-electron chi connectivity index (χ1n) is 9.57. The van der Waals surface area contributed by atoms with Crippen molar-refractivity contribution < 1.29 is 9.53 Å². The zero-order chi connectivity index (χ0) is 20.3. The van der Waals surface area contributed by atoms with Gasteiger partial charge in [-0.25, -0.2) is 4.79 Å². The first-order chi connectivity index (χ1) is 12.7. The topological polar surface area (TPSA) is 78.9 Å². The molecule has 0 aromatic carbocycles. The van der Waals surface area contributed by atoms with Crippen LogP contribution < -0.4 is 10.6 Å². The normalized spacial score (nSPS) is 13.0. The summed E-state index contributed by atoms with van der Waals surface area (Å²) in [5.41, 5.74) is 0.566. The molecule has 0 aliphatic heterocycles. The van der Waals surface area contributed by atoms with Gasteiger partial charge in [0.05, 0.1) is 0 Å². The Morgan fingerprint density at radius 3 is 2.67 bits per heavy atom. The van der Waals surface area contributed by atoms with Crippen molar-refractivity contribution in [1.29, 1.82) is 0 Å². The Morgan fingerprint density at radius 2 is 2.07 bits per heavy atom. The van der Waals surface area contributed by atoms with Gasteiger partial charge in [0.2, 0.25) is 0 Å². The minimum atomic E-state index is -0.484. The molecule has 1 unspecified atom stereocenters. The zero-order valence-electron chi connectivity index (χ0n) is 17.6. The number of carbonyl (C=O) groups excluding carboxylic acids is 1. The molecule has 0 bridgehead atoms. The van der Waals surface area contributed by atoms with Crippen molar-refractivity contribution in [3.8, 4) is 0 Å². The number of carbonyl (C=O) groups is 1. The molecule has 1 aromatic rings. The van der Waals surface area contributed by atoms with Gasteiger partial charge >= 0.3 is 6.09 Å². The lowest BCUT2D eigenvalue weighted by Gasteiger charge is -2.26. The Morgan fingerprint density at radius 1 is 1.33 bits per heavy atom. The van der Waals surface area contributed by atoms with Crippen molar-refractivity contribution in [2.45, 2.75) is 46.6 Å². The van der Waals surface area contributed by atoms with Crippen LogP contribution in [0.2, 0.25) is 0 Å². The molecular formula is C20H35N5O2. The summed E-state index contributed by atoms with van der Waals surface area (Å²) < 4.78 is 5.38. The number of hydrogen-bond acceptors (Lipinski definition) is 4. The van der Waals surface area contributed by atoms with Crippen LogP contribution in [0, 0.1) is 5.92 Å². The van der Waals surface area contributed by atoms with Gasteiger partial charge in [0.1, 0.15) is 5.60 Å². The van der Waals surface area contributed by atoms with Gasteiger partial charge in [-0.2, -0.15) is 0 Å². The van der Waals surface area contributed by atoms with Crippen LogP contribution in [-0.4, -0.2) is 60.8 Å². The average Bonchev–Trinajstić information content (AvgIpc) is 2.59. The number of ether oxygens (including phenoxy) is 1. The fraction of sp³-hybridized carbons (Fsp3) is 0.650. The summed E-state index contributed by atoms with van der Waals surface area (Å²) in [6, 6.07) is 5.92. The van der Waals surface area contributed by atoms with E-state index in [-0.39, 0.29) is 12.0 Å². The molecule has 0 aliphatic rings. The van der Waals surface area contributed by atoms with Crippen LogP contribution in [0.25, 0.3) is 0 Å². The number of nitrogens with zero attached hydrogens (tertiary/aromatic N) is 3. The molecular weight excluding hydrogens is 342 g/mol. The minimum absolute atomic E-state index is 0.216. The number of hydrogen-bond donors (Lipinski definition) is 2. The lowest BCUT2D eigenvalue weighted by molar-refractivity contribution is 0.0279. The Balaban J connectivity index is 2.45. The second-order valence-corrected chi connectivity index (χ2v) is 7.68. The maximum atomic E-state index is 12.0. The summed E-state index contributed by atoms with van der Waals surface area (Å²) in [6.07, 6.45) is 2.33. The molecule has 1 atom stereocenters. The standard InChI is InChI=1S/C20H35N5O2/c1-7-21-18(23-13-11-17-10-8-9-12-22-17)24-14-16(2)15-25(6)19(26)27-20(3,4)5/h8-10,12,16H,7,11,13-15H2,1-6H3,(H2,21,23,24). The van der Waals surface area contributed by atoms with Gasteiger partial charge in [0, 0.05) is 51.5 Å². The first kappa shape index (κ1) is 22.7. The van der Waals surface area contributed by atoms with Crippen LogP contribution in [0.5, 0.6) is 0 Å². The smallest absolute Gasteiger partial charge is 0.410 e. The van der Waals surface area contributed by atoms with Crippen LogP contribution >= 0.6 is 0 Å². The number of aliphatic imine (C=N–C) groups is 1. The van der Waals surface area contributed by atoms with Crippen molar-refractivity contribution in [3.63, 3.8) is 0 Å². The Hall–Kier alpha value is -2.31. The lowest BCUT2D eigenvalue weighted by atomic mass is 10.2. The van der Waals surface area contributed by atoms with E-state index in [4.69, 9.17) is 4.74 Å². The van der Waals surface area contributed by atoms with E-state index in [1.54, 1.807) is 18.1 Å². The number of aromatic nitrogens is 1. The van der Waals surface area contributed by atoms with Gasteiger partial charge in [0.15, 0.2) is 5.96 Å². The molecule has 1 aromatic heterocycles. The predicted octanol–water partition coefficient (Wildman–Crippen LogP) is 2.68. The van der Waals surface area contributed by atoms with E-state index < -0.39 is 5.60 Å². The molecule has 0 fully saturated rings. The minimum Gasteiger partial charge on any atom is -0.444 e. The molecule has 0 saturated heterocycles.